The normalized spacial score (nSPS) is 11.0. The highest BCUT2D eigenvalue weighted by molar-refractivity contribution is 5.71. The molecule has 27 heavy (non-hydrogen) atoms. The number of hydrogen-bond donors (Lipinski definition) is 1. The molecule has 0 amide bonds. The molecule has 3 rings (SSSR count). The first-order valence-electron chi connectivity index (χ1n) is 10.0. The van der Waals surface area contributed by atoms with E-state index in [1.165, 1.54) is 38.9 Å². The van der Waals surface area contributed by atoms with Gasteiger partial charge in [-0.05, 0) is 71.6 Å². The summed E-state index contributed by atoms with van der Waals surface area (Å²) in [6.45, 7) is 6.65. The van der Waals surface area contributed by atoms with Crippen molar-refractivity contribution in [2.45, 2.75) is 53.1 Å². The second kappa shape index (κ2) is 9.01. The highest BCUT2D eigenvalue weighted by Gasteiger charge is 2.10. The second-order valence-corrected chi connectivity index (χ2v) is 7.33. The van der Waals surface area contributed by atoms with Crippen LogP contribution in [0.5, 0.6) is 0 Å². The van der Waals surface area contributed by atoms with E-state index < -0.39 is 0 Å². The molecule has 0 saturated carbocycles. The Morgan fingerprint density at radius 3 is 1.67 bits per heavy atom. The number of aryl methyl sites for hydroxylation is 5. The van der Waals surface area contributed by atoms with Gasteiger partial charge in [-0.1, -0.05) is 80.1 Å². The van der Waals surface area contributed by atoms with Crippen molar-refractivity contribution in [2.75, 3.05) is 0 Å². The molecule has 140 valence electrons. The lowest BCUT2D eigenvalue weighted by atomic mass is 9.90. The largest absolute Gasteiger partial charge is 0.392 e. The predicted octanol–water partition coefficient (Wildman–Crippen LogP) is 6.06. The maximum atomic E-state index is 9.42. The first-order valence-corrected chi connectivity index (χ1v) is 10.0. The molecule has 0 aliphatic heterocycles. The van der Waals surface area contributed by atoms with Crippen LogP contribution in [0, 0.1) is 6.92 Å². The minimum Gasteiger partial charge on any atom is -0.392 e. The van der Waals surface area contributed by atoms with Crippen molar-refractivity contribution in [3.63, 3.8) is 0 Å². The Morgan fingerprint density at radius 2 is 1.11 bits per heavy atom. The average molecular weight is 359 g/mol. The van der Waals surface area contributed by atoms with E-state index in [2.05, 4.69) is 75.4 Å². The third-order valence-corrected chi connectivity index (χ3v) is 5.40. The fourth-order valence-corrected chi connectivity index (χ4v) is 3.70. The van der Waals surface area contributed by atoms with Crippen LogP contribution in [-0.4, -0.2) is 5.11 Å². The van der Waals surface area contributed by atoms with E-state index in [-0.39, 0.29) is 6.61 Å². The minimum absolute atomic E-state index is 0.103. The van der Waals surface area contributed by atoms with Gasteiger partial charge >= 0.3 is 0 Å². The predicted molar refractivity (Wildman–Crippen MR) is 115 cm³/mol. The van der Waals surface area contributed by atoms with E-state index in [1.54, 1.807) is 0 Å². The van der Waals surface area contributed by atoms with Crippen LogP contribution in [0.1, 0.15) is 47.2 Å². The molecular weight excluding hydrogens is 328 g/mol. The molecule has 0 spiro atoms. The van der Waals surface area contributed by atoms with Gasteiger partial charge in [-0.15, -0.1) is 0 Å². The number of benzene rings is 3. The third kappa shape index (κ3) is 4.67. The van der Waals surface area contributed by atoms with Crippen LogP contribution in [-0.2, 0) is 32.3 Å². The Kier molecular flexibility index (Phi) is 6.47. The minimum atomic E-state index is 0.103. The molecule has 1 nitrogen and oxygen atoms in total. The Hall–Kier alpha value is -2.38. The van der Waals surface area contributed by atoms with Gasteiger partial charge in [0, 0.05) is 0 Å². The van der Waals surface area contributed by atoms with E-state index in [1.807, 2.05) is 6.07 Å². The standard InChI is InChI=1S/C26H30O/c1-4-23-16-21(11-10-20-8-6-19(3)7-9-20)12-14-25(23)26-15-13-22(18-27)17-24(26)5-2/h6-9,12-17,27H,4-5,10-11,18H2,1-3H3. The summed E-state index contributed by atoms with van der Waals surface area (Å²) in [6.07, 6.45) is 4.15. The first kappa shape index (κ1) is 19.4. The molecule has 0 atom stereocenters. The summed E-state index contributed by atoms with van der Waals surface area (Å²) in [7, 11) is 0. The molecule has 0 radical (unpaired) electrons. The van der Waals surface area contributed by atoms with Crippen molar-refractivity contribution in [3.8, 4) is 11.1 Å². The van der Waals surface area contributed by atoms with Crippen LogP contribution in [0.2, 0.25) is 0 Å². The van der Waals surface area contributed by atoms with E-state index in [0.717, 1.165) is 31.2 Å². The van der Waals surface area contributed by atoms with Gasteiger partial charge in [0.25, 0.3) is 0 Å². The molecule has 3 aromatic carbocycles. The van der Waals surface area contributed by atoms with Crippen LogP contribution in [0.3, 0.4) is 0 Å². The summed E-state index contributed by atoms with van der Waals surface area (Å²) in [5.74, 6) is 0. The van der Waals surface area contributed by atoms with E-state index >= 15 is 0 Å². The second-order valence-electron chi connectivity index (χ2n) is 7.33. The Labute approximate surface area is 163 Å². The molecule has 1 heteroatoms. The van der Waals surface area contributed by atoms with Crippen LogP contribution in [0.25, 0.3) is 11.1 Å². The van der Waals surface area contributed by atoms with Crippen LogP contribution in [0.4, 0.5) is 0 Å². The highest BCUT2D eigenvalue weighted by atomic mass is 16.3. The van der Waals surface area contributed by atoms with Gasteiger partial charge in [-0.3, -0.25) is 0 Å². The van der Waals surface area contributed by atoms with Gasteiger partial charge < -0.3 is 5.11 Å². The molecule has 0 aliphatic rings. The lowest BCUT2D eigenvalue weighted by molar-refractivity contribution is 0.282. The molecular formula is C26H30O. The van der Waals surface area contributed by atoms with E-state index in [4.69, 9.17) is 0 Å². The van der Waals surface area contributed by atoms with Gasteiger partial charge in [0.05, 0.1) is 6.61 Å². The fourth-order valence-electron chi connectivity index (χ4n) is 3.70. The van der Waals surface area contributed by atoms with Gasteiger partial charge in [0.1, 0.15) is 0 Å². The monoisotopic (exact) mass is 358 g/mol. The molecule has 1 N–H and O–H groups in total. The fraction of sp³-hybridized carbons (Fsp3) is 0.308. The topological polar surface area (TPSA) is 20.2 Å². The Bertz CT molecular complexity index is 891. The molecule has 0 bridgehead atoms. The highest BCUT2D eigenvalue weighted by Crippen LogP contribution is 2.30. The Morgan fingerprint density at radius 1 is 0.630 bits per heavy atom. The molecule has 0 aliphatic carbocycles. The Balaban J connectivity index is 1.85. The zero-order valence-corrected chi connectivity index (χ0v) is 16.8. The molecule has 0 heterocycles. The SMILES string of the molecule is CCc1cc(CO)ccc1-c1ccc(CCc2ccc(C)cc2)cc1CC. The van der Waals surface area contributed by atoms with Crippen molar-refractivity contribution in [3.05, 3.63) is 94.0 Å². The maximum absolute atomic E-state index is 9.42. The molecule has 0 unspecified atom stereocenters. The first-order chi connectivity index (χ1) is 13.1. The van der Waals surface area contributed by atoms with Crippen LogP contribution in [0.15, 0.2) is 60.7 Å². The van der Waals surface area contributed by atoms with Gasteiger partial charge in [0.15, 0.2) is 0 Å². The van der Waals surface area contributed by atoms with Crippen molar-refractivity contribution in [1.29, 1.82) is 0 Å². The summed E-state index contributed by atoms with van der Waals surface area (Å²) in [5, 5.41) is 9.42. The van der Waals surface area contributed by atoms with Crippen molar-refractivity contribution in [2.24, 2.45) is 0 Å². The van der Waals surface area contributed by atoms with Crippen molar-refractivity contribution in [1.82, 2.24) is 0 Å². The maximum Gasteiger partial charge on any atom is 0.0681 e. The summed E-state index contributed by atoms with van der Waals surface area (Å²) in [4.78, 5) is 0. The number of hydrogen-bond acceptors (Lipinski definition) is 1. The van der Waals surface area contributed by atoms with Gasteiger partial charge in [0.2, 0.25) is 0 Å². The molecule has 0 saturated heterocycles. The summed E-state index contributed by atoms with van der Waals surface area (Å²) in [5.41, 5.74) is 10.5. The summed E-state index contributed by atoms with van der Waals surface area (Å²) in [6, 6.07) is 22.2. The quantitative estimate of drug-likeness (QED) is 0.544. The van der Waals surface area contributed by atoms with Crippen LogP contribution < -0.4 is 0 Å². The van der Waals surface area contributed by atoms with Crippen molar-refractivity contribution < 1.29 is 5.11 Å². The van der Waals surface area contributed by atoms with E-state index in [0.29, 0.717) is 0 Å². The average Bonchev–Trinajstić information content (AvgIpc) is 2.72. The molecule has 0 fully saturated rings. The zero-order valence-electron chi connectivity index (χ0n) is 16.8. The third-order valence-electron chi connectivity index (χ3n) is 5.40. The molecule has 3 aromatic rings. The van der Waals surface area contributed by atoms with Crippen molar-refractivity contribution >= 4 is 0 Å². The lowest BCUT2D eigenvalue weighted by Gasteiger charge is -2.15. The smallest absolute Gasteiger partial charge is 0.0681 e. The number of aliphatic hydroxyl groups excluding tert-OH is 1. The number of rotatable bonds is 7. The van der Waals surface area contributed by atoms with Gasteiger partial charge in [-0.2, -0.15) is 0 Å². The zero-order chi connectivity index (χ0) is 19.2. The summed E-state index contributed by atoms with van der Waals surface area (Å²) < 4.78 is 0. The summed E-state index contributed by atoms with van der Waals surface area (Å²) >= 11 is 0. The number of aliphatic hydroxyl groups is 1. The lowest BCUT2D eigenvalue weighted by Crippen LogP contribution is -1.98. The van der Waals surface area contributed by atoms with E-state index in [9.17, 15) is 5.11 Å². The van der Waals surface area contributed by atoms with Crippen LogP contribution >= 0.6 is 0 Å². The van der Waals surface area contributed by atoms with Gasteiger partial charge in [-0.25, -0.2) is 0 Å². The molecule has 0 aromatic heterocycles.